The van der Waals surface area contributed by atoms with E-state index < -0.39 is 30.0 Å². The maximum atomic E-state index is 13.5. The van der Waals surface area contributed by atoms with E-state index in [9.17, 15) is 19.4 Å². The van der Waals surface area contributed by atoms with E-state index in [0.29, 0.717) is 0 Å². The molecule has 0 aromatic heterocycles. The zero-order valence-electron chi connectivity index (χ0n) is 10.6. The average molecular weight is 304 g/mol. The summed E-state index contributed by atoms with van der Waals surface area (Å²) >= 11 is 5.83. The lowest BCUT2D eigenvalue weighted by Gasteiger charge is -2.32. The van der Waals surface area contributed by atoms with Crippen molar-refractivity contribution in [2.75, 3.05) is 13.2 Å². The van der Waals surface area contributed by atoms with Gasteiger partial charge in [-0.25, -0.2) is 4.39 Å². The van der Waals surface area contributed by atoms with Crippen molar-refractivity contribution < 1.29 is 24.1 Å². The highest BCUT2D eigenvalue weighted by Crippen LogP contribution is 2.19. The minimum atomic E-state index is -1.11. The molecular formula is C13H15ClFNO4. The van der Waals surface area contributed by atoms with Gasteiger partial charge in [0.25, 0.3) is 0 Å². The molecule has 0 unspecified atom stereocenters. The summed E-state index contributed by atoms with van der Waals surface area (Å²) in [5, 5.41) is 21.8. The van der Waals surface area contributed by atoms with Crippen LogP contribution in [0.5, 0.6) is 0 Å². The third-order valence-corrected chi connectivity index (χ3v) is 3.49. The number of ether oxygens (including phenoxy) is 1. The fraction of sp³-hybridized carbons (Fsp3) is 0.462. The van der Waals surface area contributed by atoms with E-state index in [1.54, 1.807) is 0 Å². The molecule has 0 aliphatic carbocycles. The molecule has 1 saturated heterocycles. The normalized spacial score (nSPS) is 26.3. The van der Waals surface area contributed by atoms with Crippen molar-refractivity contribution >= 4 is 17.5 Å². The summed E-state index contributed by atoms with van der Waals surface area (Å²) in [4.78, 5) is 11.9. The minimum Gasteiger partial charge on any atom is -0.388 e. The van der Waals surface area contributed by atoms with Gasteiger partial charge in [-0.2, -0.15) is 0 Å². The standard InChI is InChI=1S/C13H15ClFNO4/c14-8-2-1-3-9(15)7(8)4-12(18)16-10-5-20-6-11(17)13(10)19/h1-3,10-11,13,17,19H,4-6H2,(H,16,18)/t10-,11-,13+/m1/s1. The molecule has 110 valence electrons. The van der Waals surface area contributed by atoms with Gasteiger partial charge in [0.05, 0.1) is 25.7 Å². The van der Waals surface area contributed by atoms with Crippen LogP contribution in [0, 0.1) is 5.82 Å². The second-order valence-electron chi connectivity index (χ2n) is 4.65. The van der Waals surface area contributed by atoms with Gasteiger partial charge in [-0.15, -0.1) is 0 Å². The van der Waals surface area contributed by atoms with Crippen LogP contribution in [-0.2, 0) is 16.0 Å². The number of nitrogens with one attached hydrogen (secondary N) is 1. The number of benzene rings is 1. The van der Waals surface area contributed by atoms with Gasteiger partial charge in [0.15, 0.2) is 0 Å². The van der Waals surface area contributed by atoms with Crippen LogP contribution in [0.1, 0.15) is 5.56 Å². The number of rotatable bonds is 3. The average Bonchev–Trinajstić information content (AvgIpc) is 2.39. The van der Waals surface area contributed by atoms with Crippen molar-refractivity contribution in [2.24, 2.45) is 0 Å². The molecule has 1 heterocycles. The molecule has 1 aliphatic heterocycles. The summed E-state index contributed by atoms with van der Waals surface area (Å²) in [6.07, 6.45) is -2.40. The topological polar surface area (TPSA) is 78.8 Å². The van der Waals surface area contributed by atoms with E-state index >= 15 is 0 Å². The first kappa shape index (κ1) is 15.2. The Hall–Kier alpha value is -1.21. The summed E-state index contributed by atoms with van der Waals surface area (Å²) < 4.78 is 18.6. The van der Waals surface area contributed by atoms with Gasteiger partial charge >= 0.3 is 0 Å². The number of halogens is 2. The van der Waals surface area contributed by atoms with Crippen molar-refractivity contribution in [3.63, 3.8) is 0 Å². The number of aliphatic hydroxyl groups is 2. The van der Waals surface area contributed by atoms with Crippen LogP contribution in [0.3, 0.4) is 0 Å². The van der Waals surface area contributed by atoms with Crippen LogP contribution in [0.25, 0.3) is 0 Å². The first-order valence-corrected chi connectivity index (χ1v) is 6.53. The molecule has 7 heteroatoms. The number of hydrogen-bond donors (Lipinski definition) is 3. The van der Waals surface area contributed by atoms with Crippen molar-refractivity contribution in [3.8, 4) is 0 Å². The first-order chi connectivity index (χ1) is 9.49. The SMILES string of the molecule is O=C(Cc1c(F)cccc1Cl)N[C@@H]1COC[C@@H](O)[C@H]1O. The lowest BCUT2D eigenvalue weighted by molar-refractivity contribution is -0.131. The van der Waals surface area contributed by atoms with E-state index in [1.807, 2.05) is 0 Å². The van der Waals surface area contributed by atoms with Crippen LogP contribution in [0.15, 0.2) is 18.2 Å². The summed E-state index contributed by atoms with van der Waals surface area (Å²) in [5.74, 6) is -1.06. The van der Waals surface area contributed by atoms with Gasteiger partial charge < -0.3 is 20.3 Å². The highest BCUT2D eigenvalue weighted by Gasteiger charge is 2.32. The molecule has 0 saturated carbocycles. The lowest BCUT2D eigenvalue weighted by atomic mass is 10.0. The van der Waals surface area contributed by atoms with E-state index in [2.05, 4.69) is 5.32 Å². The second-order valence-corrected chi connectivity index (χ2v) is 5.05. The third kappa shape index (κ3) is 3.46. The van der Waals surface area contributed by atoms with Crippen LogP contribution in [0.2, 0.25) is 5.02 Å². The Balaban J connectivity index is 1.99. The Morgan fingerprint density at radius 2 is 2.20 bits per heavy atom. The molecule has 3 atom stereocenters. The van der Waals surface area contributed by atoms with E-state index in [1.165, 1.54) is 18.2 Å². The quantitative estimate of drug-likeness (QED) is 0.748. The molecule has 1 aromatic carbocycles. The predicted octanol–water partition coefficient (Wildman–Crippen LogP) is 0.258. The number of carbonyl (C=O) groups excluding carboxylic acids is 1. The molecule has 0 radical (unpaired) electrons. The van der Waals surface area contributed by atoms with Crippen LogP contribution in [-0.4, -0.2) is 47.6 Å². The summed E-state index contributed by atoms with van der Waals surface area (Å²) in [7, 11) is 0. The number of hydrogen-bond acceptors (Lipinski definition) is 4. The fourth-order valence-corrected chi connectivity index (χ4v) is 2.26. The van der Waals surface area contributed by atoms with E-state index in [0.717, 1.165) is 0 Å². The minimum absolute atomic E-state index is 0.0205. The van der Waals surface area contributed by atoms with Gasteiger partial charge in [-0.3, -0.25) is 4.79 Å². The maximum Gasteiger partial charge on any atom is 0.224 e. The Labute approximate surface area is 120 Å². The highest BCUT2D eigenvalue weighted by molar-refractivity contribution is 6.31. The highest BCUT2D eigenvalue weighted by atomic mass is 35.5. The first-order valence-electron chi connectivity index (χ1n) is 6.15. The van der Waals surface area contributed by atoms with E-state index in [-0.39, 0.29) is 30.2 Å². The molecule has 0 spiro atoms. The Bertz CT molecular complexity index is 479. The third-order valence-electron chi connectivity index (χ3n) is 3.14. The molecular weight excluding hydrogens is 289 g/mol. The Morgan fingerprint density at radius 3 is 2.90 bits per heavy atom. The molecule has 20 heavy (non-hydrogen) atoms. The fourth-order valence-electron chi connectivity index (χ4n) is 2.03. The smallest absolute Gasteiger partial charge is 0.224 e. The summed E-state index contributed by atoms with van der Waals surface area (Å²) in [5.41, 5.74) is 0.0958. The van der Waals surface area contributed by atoms with Gasteiger partial charge in [0, 0.05) is 10.6 Å². The van der Waals surface area contributed by atoms with Crippen molar-refractivity contribution in [3.05, 3.63) is 34.6 Å². The zero-order chi connectivity index (χ0) is 14.7. The van der Waals surface area contributed by atoms with Gasteiger partial charge in [0.2, 0.25) is 5.91 Å². The number of carbonyl (C=O) groups is 1. The number of amides is 1. The Kier molecular flexibility index (Phi) is 4.93. The summed E-state index contributed by atoms with van der Waals surface area (Å²) in [6, 6.07) is 3.44. The Morgan fingerprint density at radius 1 is 1.45 bits per heavy atom. The van der Waals surface area contributed by atoms with Crippen LogP contribution in [0.4, 0.5) is 4.39 Å². The van der Waals surface area contributed by atoms with Gasteiger partial charge in [-0.1, -0.05) is 17.7 Å². The van der Waals surface area contributed by atoms with Crippen molar-refractivity contribution in [1.29, 1.82) is 0 Å². The molecule has 1 fully saturated rings. The van der Waals surface area contributed by atoms with Crippen LogP contribution < -0.4 is 5.32 Å². The van der Waals surface area contributed by atoms with Crippen molar-refractivity contribution in [2.45, 2.75) is 24.7 Å². The molecule has 1 aliphatic rings. The summed E-state index contributed by atoms with van der Waals surface area (Å²) in [6.45, 7) is 0.113. The van der Waals surface area contributed by atoms with Crippen molar-refractivity contribution in [1.82, 2.24) is 5.32 Å². The molecule has 3 N–H and O–H groups in total. The molecule has 2 rings (SSSR count). The lowest BCUT2D eigenvalue weighted by Crippen LogP contribution is -2.56. The molecule has 1 amide bonds. The predicted molar refractivity (Wildman–Crippen MR) is 69.9 cm³/mol. The molecule has 1 aromatic rings. The maximum absolute atomic E-state index is 13.5. The molecule has 5 nitrogen and oxygen atoms in total. The monoisotopic (exact) mass is 303 g/mol. The largest absolute Gasteiger partial charge is 0.388 e. The van der Waals surface area contributed by atoms with E-state index in [4.69, 9.17) is 16.3 Å². The van der Waals surface area contributed by atoms with Gasteiger partial charge in [0.1, 0.15) is 18.0 Å². The molecule has 0 bridgehead atoms. The zero-order valence-corrected chi connectivity index (χ0v) is 11.3. The van der Waals surface area contributed by atoms with Crippen LogP contribution >= 0.6 is 11.6 Å². The van der Waals surface area contributed by atoms with Gasteiger partial charge in [-0.05, 0) is 12.1 Å². The number of aliphatic hydroxyl groups excluding tert-OH is 2. The second kappa shape index (κ2) is 6.49.